The van der Waals surface area contributed by atoms with E-state index in [1.165, 1.54) is 0 Å². The van der Waals surface area contributed by atoms with Gasteiger partial charge in [-0.25, -0.2) is 9.89 Å². The second-order valence-corrected chi connectivity index (χ2v) is 3.84. The van der Waals surface area contributed by atoms with Crippen LogP contribution in [0.2, 0.25) is 0 Å². The monoisotopic (exact) mass is 226 g/mol. The minimum atomic E-state index is -0.628. The summed E-state index contributed by atoms with van der Waals surface area (Å²) in [5.41, 5.74) is -1.22. The highest BCUT2D eigenvalue weighted by Gasteiger charge is 2.14. The van der Waals surface area contributed by atoms with Crippen LogP contribution in [-0.4, -0.2) is 34.9 Å². The third-order valence-electron chi connectivity index (χ3n) is 2.53. The van der Waals surface area contributed by atoms with Crippen molar-refractivity contribution in [2.45, 2.75) is 12.8 Å². The van der Waals surface area contributed by atoms with Gasteiger partial charge in [0.25, 0.3) is 5.88 Å². The van der Waals surface area contributed by atoms with Crippen LogP contribution < -0.4 is 21.3 Å². The molecule has 0 bridgehead atoms. The highest BCUT2D eigenvalue weighted by molar-refractivity contribution is 4.99. The molecule has 2 heterocycles. The first-order valence-electron chi connectivity index (χ1n) is 5.28. The lowest BCUT2D eigenvalue weighted by atomic mass is 10.0. The number of nitrogens with one attached hydrogen (secondary N) is 3. The predicted octanol–water partition coefficient (Wildman–Crippen LogP) is -1.16. The van der Waals surface area contributed by atoms with Gasteiger partial charge in [0, 0.05) is 12.5 Å². The molecule has 2 rings (SSSR count). The number of aromatic nitrogens is 3. The van der Waals surface area contributed by atoms with Crippen molar-refractivity contribution in [1.82, 2.24) is 20.5 Å². The highest BCUT2D eigenvalue weighted by atomic mass is 16.5. The Balaban J connectivity index is 1.93. The van der Waals surface area contributed by atoms with Crippen LogP contribution in [0.4, 0.5) is 0 Å². The highest BCUT2D eigenvalue weighted by Crippen LogP contribution is 2.10. The number of rotatable bonds is 3. The van der Waals surface area contributed by atoms with Gasteiger partial charge in [-0.05, 0) is 19.4 Å². The van der Waals surface area contributed by atoms with Crippen molar-refractivity contribution < 1.29 is 4.74 Å². The van der Waals surface area contributed by atoms with E-state index >= 15 is 0 Å². The molecule has 1 atom stereocenters. The zero-order valence-corrected chi connectivity index (χ0v) is 8.78. The maximum Gasteiger partial charge on any atom is 0.342 e. The molecule has 1 fully saturated rings. The van der Waals surface area contributed by atoms with Gasteiger partial charge in [-0.15, -0.1) is 5.10 Å². The number of H-pyrrole nitrogens is 2. The third-order valence-corrected chi connectivity index (χ3v) is 2.53. The van der Waals surface area contributed by atoms with Gasteiger partial charge in [-0.1, -0.05) is 0 Å². The zero-order chi connectivity index (χ0) is 11.4. The van der Waals surface area contributed by atoms with E-state index in [9.17, 15) is 9.59 Å². The fourth-order valence-electron chi connectivity index (χ4n) is 1.70. The summed E-state index contributed by atoms with van der Waals surface area (Å²) in [6.07, 6.45) is 2.19. The van der Waals surface area contributed by atoms with Crippen LogP contribution in [0.1, 0.15) is 12.8 Å². The van der Waals surface area contributed by atoms with Crippen molar-refractivity contribution in [3.05, 3.63) is 20.8 Å². The molecule has 3 N–H and O–H groups in total. The summed E-state index contributed by atoms with van der Waals surface area (Å²) in [4.78, 5) is 24.0. The minimum Gasteiger partial charge on any atom is -0.472 e. The summed E-state index contributed by atoms with van der Waals surface area (Å²) < 4.78 is 5.27. The van der Waals surface area contributed by atoms with E-state index in [1.54, 1.807) is 0 Å². The molecule has 1 aliphatic rings. The maximum atomic E-state index is 11.2. The summed E-state index contributed by atoms with van der Waals surface area (Å²) in [7, 11) is 0. The van der Waals surface area contributed by atoms with E-state index in [0.717, 1.165) is 25.9 Å². The van der Waals surface area contributed by atoms with Crippen molar-refractivity contribution in [1.29, 1.82) is 0 Å². The van der Waals surface area contributed by atoms with E-state index < -0.39 is 11.2 Å². The van der Waals surface area contributed by atoms with Crippen molar-refractivity contribution in [2.75, 3.05) is 19.7 Å². The van der Waals surface area contributed by atoms with Crippen molar-refractivity contribution in [3.8, 4) is 5.88 Å². The van der Waals surface area contributed by atoms with E-state index in [1.807, 2.05) is 0 Å². The number of hydrogen-bond acceptors (Lipinski definition) is 5. The normalized spacial score (nSPS) is 20.6. The van der Waals surface area contributed by atoms with Gasteiger partial charge in [-0.3, -0.25) is 9.78 Å². The summed E-state index contributed by atoms with van der Waals surface area (Å²) in [5, 5.41) is 8.92. The summed E-state index contributed by atoms with van der Waals surface area (Å²) in [6, 6.07) is 0. The first-order chi connectivity index (χ1) is 7.75. The average Bonchev–Trinajstić information content (AvgIpc) is 2.29. The van der Waals surface area contributed by atoms with Gasteiger partial charge in [0.05, 0.1) is 6.61 Å². The molecule has 7 nitrogen and oxygen atoms in total. The van der Waals surface area contributed by atoms with Gasteiger partial charge in [0.15, 0.2) is 0 Å². The Morgan fingerprint density at radius 3 is 3.00 bits per heavy atom. The Hall–Kier alpha value is -1.63. The number of hydrogen-bond donors (Lipinski definition) is 3. The quantitative estimate of drug-likeness (QED) is 0.603. The Labute approximate surface area is 91.2 Å². The SMILES string of the molecule is O=c1[nH]nc(OCC2CCCNC2)c(=O)[nH]1. The van der Waals surface area contributed by atoms with E-state index in [-0.39, 0.29) is 5.88 Å². The second kappa shape index (κ2) is 4.93. The molecule has 0 aliphatic carbocycles. The van der Waals surface area contributed by atoms with Crippen LogP contribution in [0.25, 0.3) is 0 Å². The van der Waals surface area contributed by atoms with E-state index in [4.69, 9.17) is 4.74 Å². The molecule has 0 saturated carbocycles. The lowest BCUT2D eigenvalue weighted by Gasteiger charge is -2.22. The molecule has 0 radical (unpaired) electrons. The van der Waals surface area contributed by atoms with Crippen LogP contribution in [0.15, 0.2) is 9.59 Å². The molecule has 16 heavy (non-hydrogen) atoms. The fourth-order valence-corrected chi connectivity index (χ4v) is 1.70. The van der Waals surface area contributed by atoms with Gasteiger partial charge >= 0.3 is 11.2 Å². The van der Waals surface area contributed by atoms with Crippen LogP contribution in [0.5, 0.6) is 5.88 Å². The molecule has 1 aromatic heterocycles. The lowest BCUT2D eigenvalue weighted by Crippen LogP contribution is -2.34. The van der Waals surface area contributed by atoms with Crippen LogP contribution in [0.3, 0.4) is 0 Å². The smallest absolute Gasteiger partial charge is 0.342 e. The van der Waals surface area contributed by atoms with Crippen LogP contribution in [-0.2, 0) is 0 Å². The summed E-state index contributed by atoms with van der Waals surface area (Å²) in [6.45, 7) is 2.37. The van der Waals surface area contributed by atoms with Crippen LogP contribution in [0, 0.1) is 5.92 Å². The molecule has 0 aromatic carbocycles. The Morgan fingerprint density at radius 1 is 1.44 bits per heavy atom. The number of ether oxygens (including phenoxy) is 1. The van der Waals surface area contributed by atoms with Crippen molar-refractivity contribution >= 4 is 0 Å². The maximum absolute atomic E-state index is 11.2. The Kier molecular flexibility index (Phi) is 3.35. The Bertz CT molecular complexity index is 447. The molecule has 1 aliphatic heterocycles. The zero-order valence-electron chi connectivity index (χ0n) is 8.78. The summed E-state index contributed by atoms with van der Waals surface area (Å²) >= 11 is 0. The lowest BCUT2D eigenvalue weighted by molar-refractivity contribution is 0.207. The molecule has 0 amide bonds. The standard InChI is InChI=1S/C9H14N4O3/c14-7-8(12-13-9(15)11-7)16-5-6-2-1-3-10-4-6/h6,10H,1-5H2,(H2,11,13,14,15). The minimum absolute atomic E-state index is 0.0785. The topological polar surface area (TPSA) is 99.9 Å². The number of nitrogens with zero attached hydrogens (tertiary/aromatic N) is 1. The number of piperidine rings is 1. The average molecular weight is 226 g/mol. The van der Waals surface area contributed by atoms with Gasteiger partial charge in [0.1, 0.15) is 0 Å². The fraction of sp³-hybridized carbons (Fsp3) is 0.667. The molecule has 88 valence electrons. The largest absolute Gasteiger partial charge is 0.472 e. The molecule has 1 aromatic rings. The van der Waals surface area contributed by atoms with E-state index in [2.05, 4.69) is 20.5 Å². The summed E-state index contributed by atoms with van der Waals surface area (Å²) in [5.74, 6) is 0.312. The third kappa shape index (κ3) is 2.69. The molecular weight excluding hydrogens is 212 g/mol. The molecule has 1 unspecified atom stereocenters. The van der Waals surface area contributed by atoms with Gasteiger partial charge in [0.2, 0.25) is 0 Å². The van der Waals surface area contributed by atoms with Crippen molar-refractivity contribution in [3.63, 3.8) is 0 Å². The van der Waals surface area contributed by atoms with Crippen LogP contribution >= 0.6 is 0 Å². The molecule has 1 saturated heterocycles. The Morgan fingerprint density at radius 2 is 2.31 bits per heavy atom. The second-order valence-electron chi connectivity index (χ2n) is 3.84. The van der Waals surface area contributed by atoms with Crippen molar-refractivity contribution in [2.24, 2.45) is 5.92 Å². The number of aromatic amines is 2. The van der Waals surface area contributed by atoms with Gasteiger partial charge < -0.3 is 10.1 Å². The molecular formula is C9H14N4O3. The van der Waals surface area contributed by atoms with E-state index in [0.29, 0.717) is 12.5 Å². The van der Waals surface area contributed by atoms with Gasteiger partial charge in [-0.2, -0.15) is 0 Å². The predicted molar refractivity (Wildman–Crippen MR) is 56.6 cm³/mol. The first kappa shape index (κ1) is 10.9. The molecule has 7 heteroatoms. The molecule has 0 spiro atoms. The first-order valence-corrected chi connectivity index (χ1v) is 5.28.